The summed E-state index contributed by atoms with van der Waals surface area (Å²) < 4.78 is 5.62. The largest absolute Gasteiger partial charge is 0.383 e. The van der Waals surface area contributed by atoms with Gasteiger partial charge >= 0.3 is 0 Å². The highest BCUT2D eigenvalue weighted by atomic mass is 32.1. The van der Waals surface area contributed by atoms with Crippen molar-refractivity contribution in [1.29, 1.82) is 0 Å². The van der Waals surface area contributed by atoms with Crippen LogP contribution in [-0.2, 0) is 10.3 Å². The number of hydrogen-bond donors (Lipinski definition) is 3. The molecule has 0 radical (unpaired) electrons. The minimum atomic E-state index is -0.927. The fraction of sp³-hybridized carbons (Fsp3) is 0.706. The first-order chi connectivity index (χ1) is 11.1. The van der Waals surface area contributed by atoms with Crippen LogP contribution in [-0.4, -0.2) is 43.9 Å². The fourth-order valence-electron chi connectivity index (χ4n) is 2.15. The Labute approximate surface area is 143 Å². The molecule has 130 valence electrons. The number of thiophene rings is 1. The molecule has 23 heavy (non-hydrogen) atoms. The SMILES string of the molecule is CCNC(=NCC(C)(O)c1cccs1)NCCCOCC1CC1. The summed E-state index contributed by atoms with van der Waals surface area (Å²) in [5.74, 6) is 1.56. The van der Waals surface area contributed by atoms with Gasteiger partial charge in [0.05, 0.1) is 6.54 Å². The quantitative estimate of drug-likeness (QED) is 0.348. The molecule has 6 heteroatoms. The molecule has 0 aliphatic heterocycles. The summed E-state index contributed by atoms with van der Waals surface area (Å²) in [6.07, 6.45) is 3.62. The molecule has 5 nitrogen and oxygen atoms in total. The normalized spacial score (nSPS) is 17.8. The minimum absolute atomic E-state index is 0.334. The Balaban J connectivity index is 1.70. The van der Waals surface area contributed by atoms with E-state index in [2.05, 4.69) is 15.6 Å². The van der Waals surface area contributed by atoms with Crippen molar-refractivity contribution in [1.82, 2.24) is 10.6 Å². The van der Waals surface area contributed by atoms with Crippen LogP contribution in [0.15, 0.2) is 22.5 Å². The van der Waals surface area contributed by atoms with Crippen LogP contribution >= 0.6 is 11.3 Å². The zero-order chi connectivity index (χ0) is 16.5. The van der Waals surface area contributed by atoms with Gasteiger partial charge in [0, 0.05) is 31.2 Å². The van der Waals surface area contributed by atoms with Gasteiger partial charge in [-0.15, -0.1) is 11.3 Å². The molecule has 0 spiro atoms. The predicted molar refractivity (Wildman–Crippen MR) is 96.0 cm³/mol. The molecule has 1 aliphatic rings. The van der Waals surface area contributed by atoms with E-state index in [1.54, 1.807) is 18.3 Å². The molecule has 1 aliphatic carbocycles. The average Bonchev–Trinajstić information content (AvgIpc) is 3.17. The highest BCUT2D eigenvalue weighted by Gasteiger charge is 2.24. The number of nitrogens with zero attached hydrogens (tertiary/aromatic N) is 1. The van der Waals surface area contributed by atoms with Gasteiger partial charge in [-0.25, -0.2) is 4.99 Å². The van der Waals surface area contributed by atoms with Crippen LogP contribution in [0.4, 0.5) is 0 Å². The molecule has 1 heterocycles. The lowest BCUT2D eigenvalue weighted by Crippen LogP contribution is -2.39. The summed E-state index contributed by atoms with van der Waals surface area (Å²) >= 11 is 1.55. The number of rotatable bonds is 10. The van der Waals surface area contributed by atoms with Gasteiger partial charge < -0.3 is 20.5 Å². The number of aliphatic imine (C=N–C) groups is 1. The lowest BCUT2D eigenvalue weighted by Gasteiger charge is -2.20. The van der Waals surface area contributed by atoms with E-state index in [0.717, 1.165) is 49.5 Å². The van der Waals surface area contributed by atoms with Crippen LogP contribution in [0, 0.1) is 5.92 Å². The van der Waals surface area contributed by atoms with Gasteiger partial charge in [-0.1, -0.05) is 6.07 Å². The number of hydrogen-bond acceptors (Lipinski definition) is 4. The van der Waals surface area contributed by atoms with Gasteiger partial charge in [0.1, 0.15) is 5.60 Å². The number of ether oxygens (including phenoxy) is 1. The summed E-state index contributed by atoms with van der Waals surface area (Å²) in [4.78, 5) is 5.44. The van der Waals surface area contributed by atoms with E-state index in [-0.39, 0.29) is 0 Å². The summed E-state index contributed by atoms with van der Waals surface area (Å²) in [5, 5.41) is 19.0. The molecule has 0 amide bonds. The van der Waals surface area contributed by atoms with Crippen molar-refractivity contribution in [3.63, 3.8) is 0 Å². The minimum Gasteiger partial charge on any atom is -0.383 e. The molecule has 1 unspecified atom stereocenters. The zero-order valence-corrected chi connectivity index (χ0v) is 15.0. The van der Waals surface area contributed by atoms with Crippen molar-refractivity contribution in [2.45, 2.75) is 38.7 Å². The highest BCUT2D eigenvalue weighted by molar-refractivity contribution is 7.10. The summed E-state index contributed by atoms with van der Waals surface area (Å²) in [7, 11) is 0. The van der Waals surface area contributed by atoms with E-state index in [0.29, 0.717) is 6.54 Å². The third-order valence-corrected chi connectivity index (χ3v) is 4.87. The van der Waals surface area contributed by atoms with Crippen molar-refractivity contribution in [3.05, 3.63) is 22.4 Å². The molecule has 1 fully saturated rings. The van der Waals surface area contributed by atoms with Gasteiger partial charge in [-0.05, 0) is 50.5 Å². The van der Waals surface area contributed by atoms with Crippen LogP contribution in [0.1, 0.15) is 38.0 Å². The molecule has 2 rings (SSSR count). The molecule has 1 aromatic heterocycles. The molecule has 0 bridgehead atoms. The van der Waals surface area contributed by atoms with E-state index in [9.17, 15) is 5.11 Å². The van der Waals surface area contributed by atoms with E-state index >= 15 is 0 Å². The monoisotopic (exact) mass is 339 g/mol. The molecule has 1 saturated carbocycles. The second-order valence-corrected chi connectivity index (χ2v) is 7.19. The maximum Gasteiger partial charge on any atom is 0.191 e. The first-order valence-corrected chi connectivity index (χ1v) is 9.36. The second kappa shape index (κ2) is 9.25. The van der Waals surface area contributed by atoms with Crippen molar-refractivity contribution in [3.8, 4) is 0 Å². The Morgan fingerprint density at radius 3 is 2.96 bits per heavy atom. The molecular weight excluding hydrogens is 310 g/mol. The third-order valence-electron chi connectivity index (χ3n) is 3.75. The Morgan fingerprint density at radius 1 is 1.48 bits per heavy atom. The van der Waals surface area contributed by atoms with Gasteiger partial charge in [0.15, 0.2) is 5.96 Å². The molecule has 0 saturated heterocycles. The van der Waals surface area contributed by atoms with E-state index in [1.807, 2.05) is 24.4 Å². The molecule has 3 N–H and O–H groups in total. The second-order valence-electron chi connectivity index (χ2n) is 6.24. The number of guanidine groups is 1. The average molecular weight is 340 g/mol. The molecule has 1 aromatic rings. The third kappa shape index (κ3) is 6.89. The standard InChI is InChI=1S/C17H29N3O2S/c1-3-18-16(19-9-5-10-22-12-14-7-8-14)20-13-17(2,21)15-6-4-11-23-15/h4,6,11,14,21H,3,5,7-10,12-13H2,1-2H3,(H2,18,19,20). The van der Waals surface area contributed by atoms with Crippen LogP contribution in [0.2, 0.25) is 0 Å². The van der Waals surface area contributed by atoms with Crippen molar-refractivity contribution in [2.75, 3.05) is 32.8 Å². The molecular formula is C17H29N3O2S. The molecule has 0 aromatic carbocycles. The highest BCUT2D eigenvalue weighted by Crippen LogP contribution is 2.28. The van der Waals surface area contributed by atoms with Crippen LogP contribution < -0.4 is 10.6 Å². The van der Waals surface area contributed by atoms with Crippen LogP contribution in [0.3, 0.4) is 0 Å². The van der Waals surface area contributed by atoms with Gasteiger partial charge in [-0.2, -0.15) is 0 Å². The van der Waals surface area contributed by atoms with Gasteiger partial charge in [0.2, 0.25) is 0 Å². The topological polar surface area (TPSA) is 65.9 Å². The van der Waals surface area contributed by atoms with Crippen molar-refractivity contribution in [2.24, 2.45) is 10.9 Å². The number of aliphatic hydroxyl groups is 1. The first kappa shape index (κ1) is 18.2. The summed E-state index contributed by atoms with van der Waals surface area (Å²) in [6, 6.07) is 3.89. The Bertz CT molecular complexity index is 470. The van der Waals surface area contributed by atoms with Crippen molar-refractivity contribution >= 4 is 17.3 Å². The smallest absolute Gasteiger partial charge is 0.191 e. The van der Waals surface area contributed by atoms with Crippen LogP contribution in [0.5, 0.6) is 0 Å². The first-order valence-electron chi connectivity index (χ1n) is 8.48. The fourth-order valence-corrected chi connectivity index (χ4v) is 2.93. The Morgan fingerprint density at radius 2 is 2.30 bits per heavy atom. The predicted octanol–water partition coefficient (Wildman–Crippen LogP) is 2.33. The van der Waals surface area contributed by atoms with E-state index in [1.165, 1.54) is 12.8 Å². The maximum atomic E-state index is 10.5. The van der Waals surface area contributed by atoms with Crippen LogP contribution in [0.25, 0.3) is 0 Å². The van der Waals surface area contributed by atoms with E-state index in [4.69, 9.17) is 4.74 Å². The Hall–Kier alpha value is -1.11. The van der Waals surface area contributed by atoms with Gasteiger partial charge in [0.25, 0.3) is 0 Å². The maximum absolute atomic E-state index is 10.5. The van der Waals surface area contributed by atoms with Crippen molar-refractivity contribution < 1.29 is 9.84 Å². The molecule has 1 atom stereocenters. The van der Waals surface area contributed by atoms with E-state index < -0.39 is 5.60 Å². The lowest BCUT2D eigenvalue weighted by atomic mass is 10.1. The zero-order valence-electron chi connectivity index (χ0n) is 14.2. The number of nitrogens with one attached hydrogen (secondary N) is 2. The summed E-state index contributed by atoms with van der Waals surface area (Å²) in [5.41, 5.74) is -0.927. The lowest BCUT2D eigenvalue weighted by molar-refractivity contribution is 0.0711. The Kier molecular flexibility index (Phi) is 7.33. The summed E-state index contributed by atoms with van der Waals surface area (Å²) in [6.45, 7) is 7.49. The van der Waals surface area contributed by atoms with Gasteiger partial charge in [-0.3, -0.25) is 0 Å².